The van der Waals surface area contributed by atoms with Crippen LogP contribution in [-0.4, -0.2) is 41.3 Å². The summed E-state index contributed by atoms with van der Waals surface area (Å²) in [5.74, 6) is 0.220. The first-order chi connectivity index (χ1) is 12.0. The lowest BCUT2D eigenvalue weighted by Gasteiger charge is -2.41. The van der Waals surface area contributed by atoms with Crippen molar-refractivity contribution in [2.75, 3.05) is 25.4 Å². The molecule has 2 aromatic rings. The minimum atomic E-state index is 0.0612. The summed E-state index contributed by atoms with van der Waals surface area (Å²) in [7, 11) is 0. The number of nitrogens with zero attached hydrogens (tertiary/aromatic N) is 2. The number of amides is 2. The number of likely N-dealkylation sites (tertiary alicyclic amines) is 1. The summed E-state index contributed by atoms with van der Waals surface area (Å²) in [6, 6.07) is 5.62. The number of nitrogens with two attached hydrogens (primary N) is 1. The molecule has 2 aliphatic rings. The number of rotatable bonds is 1. The van der Waals surface area contributed by atoms with Crippen molar-refractivity contribution < 1.29 is 9.59 Å². The van der Waals surface area contributed by atoms with Crippen LogP contribution in [0.4, 0.5) is 5.13 Å². The van der Waals surface area contributed by atoms with Gasteiger partial charge < -0.3 is 16.0 Å². The van der Waals surface area contributed by atoms with E-state index >= 15 is 0 Å². The van der Waals surface area contributed by atoms with Gasteiger partial charge in [0, 0.05) is 31.6 Å². The van der Waals surface area contributed by atoms with Gasteiger partial charge in [-0.15, -0.1) is 0 Å². The predicted octanol–water partition coefficient (Wildman–Crippen LogP) is 2.40. The molecule has 7 heteroatoms. The Morgan fingerprint density at radius 2 is 2.04 bits per heavy atom. The summed E-state index contributed by atoms with van der Waals surface area (Å²) in [5.41, 5.74) is 7.42. The van der Waals surface area contributed by atoms with Gasteiger partial charge in [-0.3, -0.25) is 9.59 Å². The van der Waals surface area contributed by atoms with Crippen LogP contribution in [0.1, 0.15) is 42.5 Å². The molecule has 0 aliphatic carbocycles. The van der Waals surface area contributed by atoms with Crippen molar-refractivity contribution in [3.8, 4) is 0 Å². The van der Waals surface area contributed by atoms with E-state index in [1.165, 1.54) is 11.3 Å². The SMILES string of the molecule is Nc1nc2cc(C(=O)N3CCC4(CCNC(=O)CC4)CC3)ccc2s1. The molecule has 132 valence electrons. The zero-order valence-corrected chi connectivity index (χ0v) is 14.9. The molecule has 6 nitrogen and oxygen atoms in total. The molecule has 3 heterocycles. The van der Waals surface area contributed by atoms with Gasteiger partial charge in [-0.05, 0) is 49.3 Å². The number of carbonyl (C=O) groups excluding carboxylic acids is 2. The normalized spacial score (nSPS) is 20.5. The molecule has 2 saturated heterocycles. The second-order valence-corrected chi connectivity index (χ2v) is 8.19. The summed E-state index contributed by atoms with van der Waals surface area (Å²) in [6.45, 7) is 2.27. The molecule has 0 radical (unpaired) electrons. The summed E-state index contributed by atoms with van der Waals surface area (Å²) >= 11 is 1.43. The van der Waals surface area contributed by atoms with Crippen LogP contribution in [0.5, 0.6) is 0 Å². The van der Waals surface area contributed by atoms with Gasteiger partial charge in [0.2, 0.25) is 5.91 Å². The van der Waals surface area contributed by atoms with E-state index in [0.29, 0.717) is 17.1 Å². The van der Waals surface area contributed by atoms with Crippen molar-refractivity contribution in [1.82, 2.24) is 15.2 Å². The fourth-order valence-electron chi connectivity index (χ4n) is 4.00. The Hall–Kier alpha value is -2.15. The van der Waals surface area contributed by atoms with Gasteiger partial charge >= 0.3 is 0 Å². The monoisotopic (exact) mass is 358 g/mol. The number of anilines is 1. The molecule has 4 rings (SSSR count). The van der Waals surface area contributed by atoms with Crippen LogP contribution in [0.2, 0.25) is 0 Å². The highest BCUT2D eigenvalue weighted by Gasteiger charge is 2.37. The van der Waals surface area contributed by atoms with E-state index in [2.05, 4.69) is 10.3 Å². The maximum absolute atomic E-state index is 12.8. The number of fused-ring (bicyclic) bond motifs is 1. The van der Waals surface area contributed by atoms with E-state index in [1.54, 1.807) is 0 Å². The third kappa shape index (κ3) is 3.20. The van der Waals surface area contributed by atoms with Crippen LogP contribution < -0.4 is 11.1 Å². The van der Waals surface area contributed by atoms with Gasteiger partial charge in [0.1, 0.15) is 0 Å². The van der Waals surface area contributed by atoms with Gasteiger partial charge in [0.05, 0.1) is 10.2 Å². The molecule has 2 aliphatic heterocycles. The van der Waals surface area contributed by atoms with Gasteiger partial charge in [-0.1, -0.05) is 11.3 Å². The molecule has 3 N–H and O–H groups in total. The van der Waals surface area contributed by atoms with Crippen LogP contribution in [0, 0.1) is 5.41 Å². The van der Waals surface area contributed by atoms with Crippen LogP contribution in [0.15, 0.2) is 18.2 Å². The Morgan fingerprint density at radius 3 is 2.84 bits per heavy atom. The van der Waals surface area contributed by atoms with Crippen LogP contribution in [0.25, 0.3) is 10.2 Å². The molecular formula is C18H22N4O2S. The number of carbonyl (C=O) groups is 2. The Kier molecular flexibility index (Phi) is 4.11. The molecule has 2 amide bonds. The van der Waals surface area contributed by atoms with Crippen LogP contribution >= 0.6 is 11.3 Å². The average Bonchev–Trinajstić information content (AvgIpc) is 2.89. The summed E-state index contributed by atoms with van der Waals surface area (Å²) < 4.78 is 1.00. The van der Waals surface area contributed by atoms with Crippen molar-refractivity contribution in [2.24, 2.45) is 5.41 Å². The number of benzene rings is 1. The Labute approximate surface area is 150 Å². The van der Waals surface area contributed by atoms with E-state index < -0.39 is 0 Å². The standard InChI is InChI=1S/C18H22N4O2S/c19-17-21-13-11-12(1-2-14(13)25-17)16(24)22-9-6-18(7-10-22)4-3-15(23)20-8-5-18/h1-2,11H,3-10H2,(H2,19,21)(H,20,23). The molecule has 2 fully saturated rings. The van der Waals surface area contributed by atoms with E-state index in [4.69, 9.17) is 5.73 Å². The molecule has 1 aromatic heterocycles. The second kappa shape index (κ2) is 6.29. The highest BCUT2D eigenvalue weighted by molar-refractivity contribution is 7.22. The Bertz CT molecular complexity index is 824. The summed E-state index contributed by atoms with van der Waals surface area (Å²) in [4.78, 5) is 30.6. The fraction of sp³-hybridized carbons (Fsp3) is 0.500. The number of hydrogen-bond donors (Lipinski definition) is 2. The van der Waals surface area contributed by atoms with Gasteiger partial charge in [-0.2, -0.15) is 0 Å². The number of hydrogen-bond acceptors (Lipinski definition) is 5. The van der Waals surface area contributed by atoms with Crippen LogP contribution in [-0.2, 0) is 4.79 Å². The molecule has 0 atom stereocenters. The second-order valence-electron chi connectivity index (χ2n) is 7.13. The van der Waals surface area contributed by atoms with Crippen molar-refractivity contribution in [2.45, 2.75) is 32.1 Å². The number of nitrogen functional groups attached to an aromatic ring is 1. The Morgan fingerprint density at radius 1 is 1.24 bits per heavy atom. The van der Waals surface area contributed by atoms with Gasteiger partial charge in [0.25, 0.3) is 5.91 Å². The molecular weight excluding hydrogens is 336 g/mol. The highest BCUT2D eigenvalue weighted by Crippen LogP contribution is 2.40. The maximum atomic E-state index is 12.8. The number of nitrogens with one attached hydrogen (secondary N) is 1. The van der Waals surface area contributed by atoms with Gasteiger partial charge in [-0.25, -0.2) is 4.98 Å². The number of thiazole rings is 1. The fourth-order valence-corrected chi connectivity index (χ4v) is 4.72. The van der Waals surface area contributed by atoms with Crippen LogP contribution in [0.3, 0.4) is 0 Å². The number of aromatic nitrogens is 1. The molecule has 1 aromatic carbocycles. The average molecular weight is 358 g/mol. The lowest BCUT2D eigenvalue weighted by atomic mass is 9.73. The zero-order chi connectivity index (χ0) is 17.4. The van der Waals surface area contributed by atoms with Gasteiger partial charge in [0.15, 0.2) is 5.13 Å². The van der Waals surface area contributed by atoms with E-state index in [-0.39, 0.29) is 17.2 Å². The van der Waals surface area contributed by atoms with Crippen molar-refractivity contribution in [3.63, 3.8) is 0 Å². The largest absolute Gasteiger partial charge is 0.375 e. The Balaban J connectivity index is 1.45. The minimum absolute atomic E-state index is 0.0612. The molecule has 0 bridgehead atoms. The first-order valence-electron chi connectivity index (χ1n) is 8.77. The summed E-state index contributed by atoms with van der Waals surface area (Å²) in [6.07, 6.45) is 4.50. The molecule has 1 spiro atoms. The smallest absolute Gasteiger partial charge is 0.253 e. The molecule has 0 unspecified atom stereocenters. The molecule has 25 heavy (non-hydrogen) atoms. The molecule has 0 saturated carbocycles. The summed E-state index contributed by atoms with van der Waals surface area (Å²) in [5, 5.41) is 3.48. The van der Waals surface area contributed by atoms with Crippen molar-refractivity contribution >= 4 is 38.5 Å². The third-order valence-electron chi connectivity index (χ3n) is 5.62. The topological polar surface area (TPSA) is 88.3 Å². The maximum Gasteiger partial charge on any atom is 0.253 e. The predicted molar refractivity (Wildman–Crippen MR) is 98.5 cm³/mol. The minimum Gasteiger partial charge on any atom is -0.375 e. The quantitative estimate of drug-likeness (QED) is 0.819. The van der Waals surface area contributed by atoms with E-state index in [0.717, 1.165) is 55.5 Å². The third-order valence-corrected chi connectivity index (χ3v) is 6.49. The van der Waals surface area contributed by atoms with E-state index in [1.807, 2.05) is 23.1 Å². The lowest BCUT2D eigenvalue weighted by molar-refractivity contribution is -0.121. The first-order valence-corrected chi connectivity index (χ1v) is 9.58. The van der Waals surface area contributed by atoms with Crippen molar-refractivity contribution in [1.29, 1.82) is 0 Å². The van der Waals surface area contributed by atoms with Crippen molar-refractivity contribution in [3.05, 3.63) is 23.8 Å². The number of piperidine rings is 1. The zero-order valence-electron chi connectivity index (χ0n) is 14.1. The lowest BCUT2D eigenvalue weighted by Crippen LogP contribution is -2.43. The van der Waals surface area contributed by atoms with E-state index in [9.17, 15) is 9.59 Å². The first kappa shape index (κ1) is 16.3. The highest BCUT2D eigenvalue weighted by atomic mass is 32.1.